The van der Waals surface area contributed by atoms with Crippen LogP contribution in [0.25, 0.3) is 11.0 Å². The first-order valence-electron chi connectivity index (χ1n) is 4.88. The Labute approximate surface area is 93.8 Å². The normalized spacial score (nSPS) is 12.1. The van der Waals surface area contributed by atoms with Gasteiger partial charge < -0.3 is 10.3 Å². The maximum Gasteiger partial charge on any atom is 0.179 e. The fraction of sp³-hybridized carbons (Fsp3) is 0.300. The van der Waals surface area contributed by atoms with E-state index >= 15 is 0 Å². The number of nitrogens with zero attached hydrogens (tertiary/aromatic N) is 2. The molecule has 0 aliphatic carbocycles. The van der Waals surface area contributed by atoms with Crippen LogP contribution in [0.15, 0.2) is 29.4 Å². The molecule has 16 heavy (non-hydrogen) atoms. The van der Waals surface area contributed by atoms with Crippen LogP contribution in [-0.4, -0.2) is 30.3 Å². The predicted octanol–water partition coefficient (Wildman–Crippen LogP) is 0.306. The van der Waals surface area contributed by atoms with Gasteiger partial charge >= 0.3 is 0 Å². The molecular formula is C10H13N3O2S. The Hall–Kier alpha value is -1.40. The lowest BCUT2D eigenvalue weighted by atomic mass is 10.3. The van der Waals surface area contributed by atoms with Crippen LogP contribution in [0.4, 0.5) is 0 Å². The number of fused-ring (bicyclic) bond motifs is 1. The highest BCUT2D eigenvalue weighted by Crippen LogP contribution is 2.18. The first-order chi connectivity index (χ1) is 7.54. The van der Waals surface area contributed by atoms with Crippen LogP contribution >= 0.6 is 0 Å². The first kappa shape index (κ1) is 11.1. The number of nitrogens with two attached hydrogens (primary N) is 1. The van der Waals surface area contributed by atoms with E-state index in [1.807, 2.05) is 11.6 Å². The smallest absolute Gasteiger partial charge is 0.179 e. The molecule has 1 aromatic heterocycles. The minimum absolute atomic E-state index is 0.0364. The second kappa shape index (κ2) is 3.88. The maximum absolute atomic E-state index is 11.8. The van der Waals surface area contributed by atoms with Gasteiger partial charge in [-0.25, -0.2) is 13.4 Å². The topological polar surface area (TPSA) is 78.0 Å². The lowest BCUT2D eigenvalue weighted by Gasteiger charge is -2.02. The van der Waals surface area contributed by atoms with Gasteiger partial charge in [0.2, 0.25) is 0 Å². The summed E-state index contributed by atoms with van der Waals surface area (Å²) in [6.07, 6.45) is 1.66. The molecule has 0 atom stereocenters. The van der Waals surface area contributed by atoms with E-state index in [0.717, 1.165) is 5.52 Å². The molecule has 0 fully saturated rings. The van der Waals surface area contributed by atoms with Gasteiger partial charge in [-0.05, 0) is 18.2 Å². The Morgan fingerprint density at radius 3 is 2.88 bits per heavy atom. The average Bonchev–Trinajstić information content (AvgIpc) is 2.60. The van der Waals surface area contributed by atoms with Crippen LogP contribution < -0.4 is 5.73 Å². The minimum atomic E-state index is -3.27. The number of aryl methyl sites for hydroxylation is 1. The fourth-order valence-corrected chi connectivity index (χ4v) is 2.69. The van der Waals surface area contributed by atoms with Gasteiger partial charge in [-0.15, -0.1) is 0 Å². The van der Waals surface area contributed by atoms with Gasteiger partial charge in [0.05, 0.1) is 28.0 Å². The Bertz CT molecular complexity index is 616. The second-order valence-electron chi connectivity index (χ2n) is 3.61. The molecule has 0 bridgehead atoms. The molecule has 0 aliphatic rings. The Morgan fingerprint density at radius 2 is 2.19 bits per heavy atom. The van der Waals surface area contributed by atoms with E-state index < -0.39 is 9.84 Å². The van der Waals surface area contributed by atoms with Gasteiger partial charge in [0.25, 0.3) is 0 Å². The molecule has 2 N–H and O–H groups in total. The molecular weight excluding hydrogens is 226 g/mol. The van der Waals surface area contributed by atoms with Crippen molar-refractivity contribution in [1.29, 1.82) is 0 Å². The van der Waals surface area contributed by atoms with E-state index in [2.05, 4.69) is 4.98 Å². The quantitative estimate of drug-likeness (QED) is 0.836. The molecule has 0 unspecified atom stereocenters. The number of hydrogen-bond acceptors (Lipinski definition) is 4. The molecule has 86 valence electrons. The third-order valence-corrected chi connectivity index (χ3v) is 4.19. The molecule has 0 saturated carbocycles. The molecule has 2 rings (SSSR count). The van der Waals surface area contributed by atoms with Crippen LogP contribution in [0, 0.1) is 0 Å². The Morgan fingerprint density at radius 1 is 1.44 bits per heavy atom. The monoisotopic (exact) mass is 239 g/mol. The van der Waals surface area contributed by atoms with Crippen LogP contribution in [0.3, 0.4) is 0 Å². The van der Waals surface area contributed by atoms with Crippen LogP contribution in [-0.2, 0) is 16.9 Å². The zero-order chi connectivity index (χ0) is 11.8. The van der Waals surface area contributed by atoms with E-state index in [1.165, 1.54) is 0 Å². The maximum atomic E-state index is 11.8. The van der Waals surface area contributed by atoms with Gasteiger partial charge in [-0.1, -0.05) is 0 Å². The van der Waals surface area contributed by atoms with Crippen molar-refractivity contribution in [1.82, 2.24) is 9.55 Å². The van der Waals surface area contributed by atoms with Gasteiger partial charge in [-0.2, -0.15) is 0 Å². The number of sulfone groups is 1. The minimum Gasteiger partial charge on any atom is -0.334 e. The number of benzene rings is 1. The van der Waals surface area contributed by atoms with Gasteiger partial charge in [-0.3, -0.25) is 0 Å². The Kier molecular flexibility index (Phi) is 2.69. The van der Waals surface area contributed by atoms with Gasteiger partial charge in [0.1, 0.15) is 0 Å². The fourth-order valence-electron chi connectivity index (χ4n) is 1.58. The highest BCUT2D eigenvalue weighted by atomic mass is 32.2. The summed E-state index contributed by atoms with van der Waals surface area (Å²) >= 11 is 0. The third-order valence-electron chi connectivity index (χ3n) is 2.44. The van der Waals surface area contributed by atoms with Crippen molar-refractivity contribution in [2.24, 2.45) is 12.8 Å². The first-order valence-corrected chi connectivity index (χ1v) is 6.54. The lowest BCUT2D eigenvalue weighted by molar-refractivity contribution is 0.596. The molecule has 0 saturated heterocycles. The largest absolute Gasteiger partial charge is 0.334 e. The van der Waals surface area contributed by atoms with E-state index in [4.69, 9.17) is 5.73 Å². The Balaban J connectivity index is 2.55. The van der Waals surface area contributed by atoms with Crippen molar-refractivity contribution in [3.05, 3.63) is 24.5 Å². The molecule has 0 spiro atoms. The average molecular weight is 239 g/mol. The van der Waals surface area contributed by atoms with Crippen molar-refractivity contribution in [3.63, 3.8) is 0 Å². The van der Waals surface area contributed by atoms with Crippen molar-refractivity contribution < 1.29 is 8.42 Å². The predicted molar refractivity (Wildman–Crippen MR) is 61.8 cm³/mol. The van der Waals surface area contributed by atoms with Gasteiger partial charge in [0.15, 0.2) is 9.84 Å². The van der Waals surface area contributed by atoms with Gasteiger partial charge in [0, 0.05) is 13.6 Å². The summed E-state index contributed by atoms with van der Waals surface area (Å²) in [5.41, 5.74) is 6.86. The summed E-state index contributed by atoms with van der Waals surface area (Å²) in [4.78, 5) is 4.40. The SMILES string of the molecule is Cn1cnc2cc(S(=O)(=O)CCN)ccc21. The summed E-state index contributed by atoms with van der Waals surface area (Å²) in [5, 5.41) is 0. The summed E-state index contributed by atoms with van der Waals surface area (Å²) in [6, 6.07) is 4.93. The number of rotatable bonds is 3. The van der Waals surface area contributed by atoms with Crippen LogP contribution in [0.1, 0.15) is 0 Å². The summed E-state index contributed by atoms with van der Waals surface area (Å²) in [6.45, 7) is 0.128. The third kappa shape index (κ3) is 1.81. The van der Waals surface area contributed by atoms with E-state index in [9.17, 15) is 8.42 Å². The lowest BCUT2D eigenvalue weighted by Crippen LogP contribution is -2.15. The zero-order valence-corrected chi connectivity index (χ0v) is 9.74. The van der Waals surface area contributed by atoms with Crippen molar-refractivity contribution in [2.75, 3.05) is 12.3 Å². The molecule has 6 heteroatoms. The number of imidazole rings is 1. The molecule has 0 radical (unpaired) electrons. The summed E-state index contributed by atoms with van der Waals surface area (Å²) in [5.74, 6) is -0.0364. The van der Waals surface area contributed by atoms with E-state index in [0.29, 0.717) is 5.52 Å². The highest BCUT2D eigenvalue weighted by Gasteiger charge is 2.14. The zero-order valence-electron chi connectivity index (χ0n) is 8.92. The highest BCUT2D eigenvalue weighted by molar-refractivity contribution is 7.91. The molecule has 2 aromatic rings. The molecule has 1 heterocycles. The van der Waals surface area contributed by atoms with Crippen molar-refractivity contribution in [2.45, 2.75) is 4.90 Å². The molecule has 5 nitrogen and oxygen atoms in total. The number of hydrogen-bond donors (Lipinski definition) is 1. The van der Waals surface area contributed by atoms with Crippen LogP contribution in [0.5, 0.6) is 0 Å². The summed E-state index contributed by atoms with van der Waals surface area (Å²) < 4.78 is 25.4. The second-order valence-corrected chi connectivity index (χ2v) is 5.72. The van der Waals surface area contributed by atoms with E-state index in [1.54, 1.807) is 24.5 Å². The van der Waals surface area contributed by atoms with Crippen LogP contribution in [0.2, 0.25) is 0 Å². The van der Waals surface area contributed by atoms with E-state index in [-0.39, 0.29) is 17.2 Å². The standard InChI is InChI=1S/C10H13N3O2S/c1-13-7-12-9-6-8(2-3-10(9)13)16(14,15)5-4-11/h2-3,6-7H,4-5,11H2,1H3. The van der Waals surface area contributed by atoms with Crippen molar-refractivity contribution in [3.8, 4) is 0 Å². The van der Waals surface area contributed by atoms with Crippen molar-refractivity contribution >= 4 is 20.9 Å². The summed E-state index contributed by atoms with van der Waals surface area (Å²) in [7, 11) is -1.40. The molecule has 0 aliphatic heterocycles. The molecule has 1 aromatic carbocycles. The number of aromatic nitrogens is 2. The molecule has 0 amide bonds.